The first kappa shape index (κ1) is 13.2. The highest BCUT2D eigenvalue weighted by Gasteiger charge is 2.13. The number of benzene rings is 1. The predicted octanol–water partition coefficient (Wildman–Crippen LogP) is 3.65. The fraction of sp³-hybridized carbons (Fsp3) is 0.385. The van der Waals surface area contributed by atoms with Crippen molar-refractivity contribution in [3.05, 3.63) is 34.1 Å². The van der Waals surface area contributed by atoms with Crippen molar-refractivity contribution < 1.29 is 4.39 Å². The normalized spacial score (nSPS) is 12.1. The van der Waals surface area contributed by atoms with Crippen molar-refractivity contribution in [2.45, 2.75) is 25.8 Å². The fourth-order valence-corrected chi connectivity index (χ4v) is 2.15. The Hall–Kier alpha value is -0.850. The van der Waals surface area contributed by atoms with E-state index in [2.05, 4.69) is 27.2 Å². The molecular formula is C13H15BrFN. The molecule has 0 fully saturated rings. The molecule has 1 N–H and O–H groups in total. The van der Waals surface area contributed by atoms with Crippen molar-refractivity contribution in [3.8, 4) is 12.3 Å². The van der Waals surface area contributed by atoms with E-state index in [0.29, 0.717) is 6.42 Å². The van der Waals surface area contributed by atoms with Gasteiger partial charge in [-0.1, -0.05) is 22.9 Å². The molecule has 0 aromatic heterocycles. The van der Waals surface area contributed by atoms with Gasteiger partial charge in [0.15, 0.2) is 0 Å². The van der Waals surface area contributed by atoms with Gasteiger partial charge in [-0.25, -0.2) is 4.39 Å². The van der Waals surface area contributed by atoms with Crippen molar-refractivity contribution in [3.63, 3.8) is 0 Å². The van der Waals surface area contributed by atoms with Gasteiger partial charge in [-0.05, 0) is 36.7 Å². The molecule has 0 aliphatic carbocycles. The Morgan fingerprint density at radius 3 is 2.94 bits per heavy atom. The first-order valence-corrected chi connectivity index (χ1v) is 6.10. The lowest BCUT2D eigenvalue weighted by atomic mass is 10.0. The standard InChI is InChI=1S/C13H15BrFN/c1-3-5-6-13(16-4-2)11-9-10(15)7-8-12(11)14/h1,7-9,13,16H,4-6H2,2H3. The molecule has 1 atom stereocenters. The van der Waals surface area contributed by atoms with Gasteiger partial charge < -0.3 is 5.32 Å². The molecule has 0 heterocycles. The van der Waals surface area contributed by atoms with Gasteiger partial charge in [-0.3, -0.25) is 0 Å². The maximum absolute atomic E-state index is 13.2. The second kappa shape index (κ2) is 6.67. The highest BCUT2D eigenvalue weighted by Crippen LogP contribution is 2.27. The van der Waals surface area contributed by atoms with E-state index in [9.17, 15) is 4.39 Å². The van der Waals surface area contributed by atoms with E-state index in [-0.39, 0.29) is 11.9 Å². The van der Waals surface area contributed by atoms with Crippen LogP contribution in [-0.2, 0) is 0 Å². The molecule has 16 heavy (non-hydrogen) atoms. The zero-order chi connectivity index (χ0) is 12.0. The quantitative estimate of drug-likeness (QED) is 0.814. The van der Waals surface area contributed by atoms with Gasteiger partial charge in [0.2, 0.25) is 0 Å². The lowest BCUT2D eigenvalue weighted by Gasteiger charge is -2.18. The molecule has 0 spiro atoms. The Bertz CT molecular complexity index is 384. The van der Waals surface area contributed by atoms with E-state index in [1.165, 1.54) is 6.07 Å². The average Bonchev–Trinajstić information content (AvgIpc) is 2.28. The van der Waals surface area contributed by atoms with Crippen LogP contribution in [0.3, 0.4) is 0 Å². The number of terminal acetylenes is 1. The Kier molecular flexibility index (Phi) is 5.51. The minimum atomic E-state index is -0.221. The Morgan fingerprint density at radius 2 is 2.31 bits per heavy atom. The maximum atomic E-state index is 13.2. The average molecular weight is 284 g/mol. The smallest absolute Gasteiger partial charge is 0.123 e. The highest BCUT2D eigenvalue weighted by atomic mass is 79.9. The molecule has 0 saturated heterocycles. The first-order chi connectivity index (χ1) is 7.69. The number of halogens is 2. The van der Waals surface area contributed by atoms with Crippen LogP contribution in [0.4, 0.5) is 4.39 Å². The van der Waals surface area contributed by atoms with E-state index in [0.717, 1.165) is 23.0 Å². The van der Waals surface area contributed by atoms with Crippen LogP contribution in [-0.4, -0.2) is 6.54 Å². The second-order valence-electron chi connectivity index (χ2n) is 3.52. The third-order valence-corrected chi connectivity index (χ3v) is 3.08. The van der Waals surface area contributed by atoms with E-state index in [4.69, 9.17) is 6.42 Å². The van der Waals surface area contributed by atoms with Crippen molar-refractivity contribution >= 4 is 15.9 Å². The monoisotopic (exact) mass is 283 g/mol. The zero-order valence-corrected chi connectivity index (χ0v) is 10.8. The van der Waals surface area contributed by atoms with Gasteiger partial charge in [0.25, 0.3) is 0 Å². The van der Waals surface area contributed by atoms with Gasteiger partial charge in [-0.2, -0.15) is 0 Å². The molecule has 0 aliphatic heterocycles. The lowest BCUT2D eigenvalue weighted by Crippen LogP contribution is -2.21. The first-order valence-electron chi connectivity index (χ1n) is 5.30. The van der Waals surface area contributed by atoms with Crippen molar-refractivity contribution in [2.75, 3.05) is 6.54 Å². The summed E-state index contributed by atoms with van der Waals surface area (Å²) in [6, 6.07) is 4.82. The molecule has 1 aromatic carbocycles. The Balaban J connectivity index is 2.91. The summed E-state index contributed by atoms with van der Waals surface area (Å²) in [5, 5.41) is 3.31. The van der Waals surface area contributed by atoms with Crippen molar-refractivity contribution in [1.29, 1.82) is 0 Å². The molecule has 0 saturated carbocycles. The molecule has 0 radical (unpaired) electrons. The molecule has 86 valence electrons. The van der Waals surface area contributed by atoms with Crippen LogP contribution in [0.25, 0.3) is 0 Å². The summed E-state index contributed by atoms with van der Waals surface area (Å²) >= 11 is 3.43. The summed E-state index contributed by atoms with van der Waals surface area (Å²) in [5.74, 6) is 2.39. The molecule has 1 nitrogen and oxygen atoms in total. The van der Waals surface area contributed by atoms with Crippen LogP contribution in [0.2, 0.25) is 0 Å². The van der Waals surface area contributed by atoms with E-state index in [1.807, 2.05) is 6.92 Å². The minimum Gasteiger partial charge on any atom is -0.310 e. The third-order valence-electron chi connectivity index (χ3n) is 2.36. The van der Waals surface area contributed by atoms with Crippen LogP contribution in [0.5, 0.6) is 0 Å². The van der Waals surface area contributed by atoms with Crippen molar-refractivity contribution in [1.82, 2.24) is 5.32 Å². The van der Waals surface area contributed by atoms with Crippen LogP contribution >= 0.6 is 15.9 Å². The highest BCUT2D eigenvalue weighted by molar-refractivity contribution is 9.10. The van der Waals surface area contributed by atoms with E-state index in [1.54, 1.807) is 12.1 Å². The molecule has 3 heteroatoms. The molecule has 1 aromatic rings. The summed E-state index contributed by atoms with van der Waals surface area (Å²) in [6.07, 6.45) is 6.75. The number of hydrogen-bond acceptors (Lipinski definition) is 1. The van der Waals surface area contributed by atoms with Gasteiger partial charge in [-0.15, -0.1) is 12.3 Å². The van der Waals surface area contributed by atoms with Crippen LogP contribution in [0, 0.1) is 18.2 Å². The number of rotatable bonds is 5. The zero-order valence-electron chi connectivity index (χ0n) is 9.26. The largest absolute Gasteiger partial charge is 0.310 e. The summed E-state index contributed by atoms with van der Waals surface area (Å²) in [7, 11) is 0. The minimum absolute atomic E-state index is 0.103. The molecule has 0 amide bonds. The third kappa shape index (κ3) is 3.62. The fourth-order valence-electron chi connectivity index (χ4n) is 1.62. The second-order valence-corrected chi connectivity index (χ2v) is 4.37. The molecule has 1 rings (SSSR count). The van der Waals surface area contributed by atoms with E-state index >= 15 is 0 Å². The van der Waals surface area contributed by atoms with Crippen LogP contribution < -0.4 is 5.32 Å². The van der Waals surface area contributed by atoms with Crippen LogP contribution in [0.15, 0.2) is 22.7 Å². The predicted molar refractivity (Wildman–Crippen MR) is 68.6 cm³/mol. The summed E-state index contributed by atoms with van der Waals surface area (Å²) in [4.78, 5) is 0. The lowest BCUT2D eigenvalue weighted by molar-refractivity contribution is 0.516. The summed E-state index contributed by atoms with van der Waals surface area (Å²) in [6.45, 7) is 2.86. The van der Waals surface area contributed by atoms with Crippen molar-refractivity contribution in [2.24, 2.45) is 0 Å². The van der Waals surface area contributed by atoms with Gasteiger partial charge in [0.05, 0.1) is 0 Å². The van der Waals surface area contributed by atoms with Gasteiger partial charge in [0.1, 0.15) is 5.82 Å². The topological polar surface area (TPSA) is 12.0 Å². The van der Waals surface area contributed by atoms with Crippen LogP contribution in [0.1, 0.15) is 31.4 Å². The maximum Gasteiger partial charge on any atom is 0.123 e. The van der Waals surface area contributed by atoms with Gasteiger partial charge >= 0.3 is 0 Å². The molecule has 0 aliphatic rings. The van der Waals surface area contributed by atoms with E-state index < -0.39 is 0 Å². The molecular weight excluding hydrogens is 269 g/mol. The number of nitrogens with one attached hydrogen (secondary N) is 1. The molecule has 1 unspecified atom stereocenters. The summed E-state index contributed by atoms with van der Waals surface area (Å²) < 4.78 is 14.1. The summed E-state index contributed by atoms with van der Waals surface area (Å²) in [5.41, 5.74) is 0.928. The Morgan fingerprint density at radius 1 is 1.56 bits per heavy atom. The Labute approximate surface area is 105 Å². The number of hydrogen-bond donors (Lipinski definition) is 1. The SMILES string of the molecule is C#CCCC(NCC)c1cc(F)ccc1Br. The van der Waals surface area contributed by atoms with Gasteiger partial charge in [0, 0.05) is 16.9 Å². The molecule has 0 bridgehead atoms.